The van der Waals surface area contributed by atoms with Gasteiger partial charge in [-0.15, -0.1) is 10.2 Å². The summed E-state index contributed by atoms with van der Waals surface area (Å²) in [6, 6.07) is -0.150. The molecule has 2 aromatic heterocycles. The zero-order chi connectivity index (χ0) is 16.8. The second-order valence-electron chi connectivity index (χ2n) is 5.25. The van der Waals surface area contributed by atoms with Crippen LogP contribution in [0.5, 0.6) is 0 Å². The molecule has 0 radical (unpaired) electrons. The second-order valence-corrected chi connectivity index (χ2v) is 6.02. The number of thioether (sulfide) groups is 1. The number of hydrogen-bond acceptors (Lipinski definition) is 5. The third-order valence-electron chi connectivity index (χ3n) is 3.53. The molecule has 0 spiro atoms. The van der Waals surface area contributed by atoms with Crippen molar-refractivity contribution in [1.29, 1.82) is 0 Å². The summed E-state index contributed by atoms with van der Waals surface area (Å²) in [6.07, 6.45) is 6.46. The van der Waals surface area contributed by atoms with Crippen LogP contribution in [-0.4, -0.2) is 48.6 Å². The molecule has 0 fully saturated rings. The van der Waals surface area contributed by atoms with Crippen molar-refractivity contribution >= 4 is 17.8 Å². The Kier molecular flexibility index (Phi) is 6.03. The molecule has 23 heavy (non-hydrogen) atoms. The lowest BCUT2D eigenvalue weighted by atomic mass is 10.4. The van der Waals surface area contributed by atoms with Crippen LogP contribution in [0.25, 0.3) is 0 Å². The Balaban J connectivity index is 1.89. The molecule has 0 aliphatic rings. The van der Waals surface area contributed by atoms with Crippen LogP contribution in [0.4, 0.5) is 4.79 Å². The molecular formula is C14H23N7OS. The number of aromatic nitrogens is 5. The Morgan fingerprint density at radius 1 is 1.48 bits per heavy atom. The minimum Gasteiger partial charge on any atom is -0.332 e. The van der Waals surface area contributed by atoms with Crippen LogP contribution in [0.3, 0.4) is 0 Å². The highest BCUT2D eigenvalue weighted by Gasteiger charge is 2.14. The van der Waals surface area contributed by atoms with Crippen LogP contribution in [0, 0.1) is 0 Å². The van der Waals surface area contributed by atoms with E-state index in [1.54, 1.807) is 36.2 Å². The van der Waals surface area contributed by atoms with Gasteiger partial charge in [0.15, 0.2) is 11.0 Å². The van der Waals surface area contributed by atoms with Crippen molar-refractivity contribution in [2.24, 2.45) is 7.05 Å². The Morgan fingerprint density at radius 3 is 2.91 bits per heavy atom. The van der Waals surface area contributed by atoms with Gasteiger partial charge in [-0.3, -0.25) is 0 Å². The van der Waals surface area contributed by atoms with Crippen molar-refractivity contribution in [3.05, 3.63) is 24.0 Å². The van der Waals surface area contributed by atoms with Crippen molar-refractivity contribution < 1.29 is 4.79 Å². The molecule has 1 N–H and O–H groups in total. The molecule has 0 aliphatic carbocycles. The fraction of sp³-hybridized carbons (Fsp3) is 0.571. The molecule has 2 rings (SSSR count). The summed E-state index contributed by atoms with van der Waals surface area (Å²) in [7, 11) is 3.69. The van der Waals surface area contributed by atoms with Gasteiger partial charge in [0.1, 0.15) is 6.33 Å². The SMILES string of the molecule is CCCn1cnnc1CN(C)C(=O)NCc1cnc(SC)n1C. The van der Waals surface area contributed by atoms with Gasteiger partial charge in [0.25, 0.3) is 0 Å². The van der Waals surface area contributed by atoms with Gasteiger partial charge in [0.05, 0.1) is 25.0 Å². The largest absolute Gasteiger partial charge is 0.332 e. The van der Waals surface area contributed by atoms with Crippen molar-refractivity contribution in [2.75, 3.05) is 13.3 Å². The van der Waals surface area contributed by atoms with Crippen LogP contribution in [0.1, 0.15) is 24.9 Å². The fourth-order valence-corrected chi connectivity index (χ4v) is 2.74. The first-order valence-electron chi connectivity index (χ1n) is 7.47. The van der Waals surface area contributed by atoms with Crippen LogP contribution in [0.15, 0.2) is 17.7 Å². The number of hydrogen-bond donors (Lipinski definition) is 1. The summed E-state index contributed by atoms with van der Waals surface area (Å²) in [5.74, 6) is 0.787. The first kappa shape index (κ1) is 17.3. The van der Waals surface area contributed by atoms with Gasteiger partial charge in [0, 0.05) is 20.6 Å². The second kappa shape index (κ2) is 8.00. The van der Waals surface area contributed by atoms with Crippen molar-refractivity contribution in [1.82, 2.24) is 34.5 Å². The van der Waals surface area contributed by atoms with Gasteiger partial charge in [-0.2, -0.15) is 0 Å². The monoisotopic (exact) mass is 337 g/mol. The van der Waals surface area contributed by atoms with E-state index in [-0.39, 0.29) is 6.03 Å². The molecule has 2 amide bonds. The average molecular weight is 337 g/mol. The number of urea groups is 1. The summed E-state index contributed by atoms with van der Waals surface area (Å²) in [5.41, 5.74) is 0.963. The van der Waals surface area contributed by atoms with E-state index in [9.17, 15) is 4.79 Å². The number of amides is 2. The summed E-state index contributed by atoms with van der Waals surface area (Å²) in [4.78, 5) is 18.1. The molecular weight excluding hydrogens is 314 g/mol. The van der Waals surface area contributed by atoms with Gasteiger partial charge < -0.3 is 19.4 Å². The van der Waals surface area contributed by atoms with E-state index in [0.29, 0.717) is 13.1 Å². The first-order valence-corrected chi connectivity index (χ1v) is 8.69. The number of rotatable bonds is 7. The summed E-state index contributed by atoms with van der Waals surface area (Å²) < 4.78 is 3.94. The van der Waals surface area contributed by atoms with Gasteiger partial charge in [-0.1, -0.05) is 18.7 Å². The van der Waals surface area contributed by atoms with E-state index in [1.807, 2.05) is 22.4 Å². The minimum absolute atomic E-state index is 0.150. The Labute approximate surface area is 140 Å². The zero-order valence-corrected chi connectivity index (χ0v) is 14.8. The van der Waals surface area contributed by atoms with E-state index >= 15 is 0 Å². The molecule has 0 atom stereocenters. The highest BCUT2D eigenvalue weighted by molar-refractivity contribution is 7.98. The average Bonchev–Trinajstić information content (AvgIpc) is 3.12. The Morgan fingerprint density at radius 2 is 2.26 bits per heavy atom. The fourth-order valence-electron chi connectivity index (χ4n) is 2.19. The summed E-state index contributed by atoms with van der Waals surface area (Å²) in [5, 5.41) is 11.8. The molecule has 2 aromatic rings. The molecule has 8 nitrogen and oxygen atoms in total. The maximum atomic E-state index is 12.2. The predicted octanol–water partition coefficient (Wildman–Crippen LogP) is 1.49. The number of nitrogens with zero attached hydrogens (tertiary/aromatic N) is 6. The standard InChI is InChI=1S/C14H23N7OS/c1-5-6-21-10-17-18-12(21)9-19(2)13(22)15-7-11-8-16-14(23-4)20(11)3/h8,10H,5-7,9H2,1-4H3,(H,15,22). The van der Waals surface area contributed by atoms with Gasteiger partial charge >= 0.3 is 6.03 Å². The lowest BCUT2D eigenvalue weighted by Crippen LogP contribution is -2.37. The van der Waals surface area contributed by atoms with E-state index in [1.165, 1.54) is 0 Å². The van der Waals surface area contributed by atoms with Gasteiger partial charge in [-0.05, 0) is 12.7 Å². The van der Waals surface area contributed by atoms with Crippen LogP contribution < -0.4 is 5.32 Å². The zero-order valence-electron chi connectivity index (χ0n) is 14.0. The molecule has 0 bridgehead atoms. The third kappa shape index (κ3) is 4.25. The van der Waals surface area contributed by atoms with Crippen molar-refractivity contribution in [3.8, 4) is 0 Å². The van der Waals surface area contributed by atoms with Crippen molar-refractivity contribution in [2.45, 2.75) is 38.1 Å². The van der Waals surface area contributed by atoms with Crippen molar-refractivity contribution in [3.63, 3.8) is 0 Å². The summed E-state index contributed by atoms with van der Waals surface area (Å²) in [6.45, 7) is 3.81. The number of carbonyl (C=O) groups excluding carboxylic acids is 1. The predicted molar refractivity (Wildman–Crippen MR) is 89.0 cm³/mol. The van der Waals surface area contributed by atoms with E-state index in [4.69, 9.17) is 0 Å². The van der Waals surface area contributed by atoms with Crippen LogP contribution >= 0.6 is 11.8 Å². The normalized spacial score (nSPS) is 10.8. The molecule has 0 saturated carbocycles. The van der Waals surface area contributed by atoms with Crippen LogP contribution in [0.2, 0.25) is 0 Å². The lowest BCUT2D eigenvalue weighted by Gasteiger charge is -2.18. The molecule has 0 aromatic carbocycles. The molecule has 126 valence electrons. The lowest BCUT2D eigenvalue weighted by molar-refractivity contribution is 0.204. The number of imidazole rings is 1. The smallest absolute Gasteiger partial charge is 0.317 e. The van der Waals surface area contributed by atoms with Gasteiger partial charge in [0.2, 0.25) is 0 Å². The number of aryl methyl sites for hydroxylation is 1. The van der Waals surface area contributed by atoms with E-state index < -0.39 is 0 Å². The third-order valence-corrected chi connectivity index (χ3v) is 4.28. The number of nitrogens with one attached hydrogen (secondary N) is 1. The minimum atomic E-state index is -0.150. The highest BCUT2D eigenvalue weighted by Crippen LogP contribution is 2.13. The Bertz CT molecular complexity index is 651. The van der Waals surface area contributed by atoms with E-state index in [2.05, 4.69) is 27.4 Å². The first-order chi connectivity index (χ1) is 11.1. The van der Waals surface area contributed by atoms with Crippen LogP contribution in [-0.2, 0) is 26.7 Å². The quantitative estimate of drug-likeness (QED) is 0.774. The topological polar surface area (TPSA) is 80.9 Å². The highest BCUT2D eigenvalue weighted by atomic mass is 32.2. The molecule has 0 aliphatic heterocycles. The van der Waals surface area contributed by atoms with E-state index in [0.717, 1.165) is 29.6 Å². The number of carbonyl (C=O) groups is 1. The maximum Gasteiger partial charge on any atom is 0.317 e. The maximum absolute atomic E-state index is 12.2. The Hall–Kier alpha value is -2.03. The molecule has 9 heteroatoms. The van der Waals surface area contributed by atoms with Gasteiger partial charge in [-0.25, -0.2) is 9.78 Å². The molecule has 0 unspecified atom stereocenters. The summed E-state index contributed by atoms with van der Waals surface area (Å²) >= 11 is 1.58. The molecule has 0 saturated heterocycles. The molecule has 2 heterocycles.